The number of hydrogen-bond acceptors (Lipinski definition) is 5. The first-order valence-electron chi connectivity index (χ1n) is 10.9. The summed E-state index contributed by atoms with van der Waals surface area (Å²) in [5.74, 6) is -0.250. The van der Waals surface area contributed by atoms with E-state index >= 15 is 0 Å². The van der Waals surface area contributed by atoms with Gasteiger partial charge in [0.1, 0.15) is 5.82 Å². The zero-order chi connectivity index (χ0) is 21.6. The first-order valence-corrected chi connectivity index (χ1v) is 10.9. The predicted molar refractivity (Wildman–Crippen MR) is 124 cm³/mol. The lowest BCUT2D eigenvalue weighted by Crippen LogP contribution is -2.47. The van der Waals surface area contributed by atoms with E-state index in [1.165, 1.54) is 11.6 Å². The summed E-state index contributed by atoms with van der Waals surface area (Å²) in [5.41, 5.74) is 3.91. The van der Waals surface area contributed by atoms with E-state index in [4.69, 9.17) is 4.74 Å². The number of hydrogen-bond donors (Lipinski definition) is 1. The van der Waals surface area contributed by atoms with Gasteiger partial charge < -0.3 is 15.0 Å². The lowest BCUT2D eigenvalue weighted by Gasteiger charge is -2.40. The molecule has 1 N–H and O–H groups in total. The molecule has 2 heterocycles. The maximum absolute atomic E-state index is 13.8. The van der Waals surface area contributed by atoms with Gasteiger partial charge in [-0.15, -0.1) is 0 Å². The van der Waals surface area contributed by atoms with Crippen molar-refractivity contribution < 1.29 is 9.13 Å². The molecule has 6 heteroatoms. The van der Waals surface area contributed by atoms with Crippen LogP contribution in [0.2, 0.25) is 0 Å². The minimum Gasteiger partial charge on any atom is -0.384 e. The first-order chi connectivity index (χ1) is 15.1. The van der Waals surface area contributed by atoms with Crippen LogP contribution in [0.1, 0.15) is 23.7 Å². The second kappa shape index (κ2) is 10.2. The number of halogens is 1. The van der Waals surface area contributed by atoms with Crippen LogP contribution < -0.4 is 5.32 Å². The number of nitrogens with zero attached hydrogens (tertiary/aromatic N) is 3. The van der Waals surface area contributed by atoms with Gasteiger partial charge in [-0.05, 0) is 43.3 Å². The van der Waals surface area contributed by atoms with Crippen LogP contribution in [0.4, 0.5) is 10.1 Å². The number of methoxy groups -OCH3 is 1. The van der Waals surface area contributed by atoms with Crippen LogP contribution in [-0.2, 0) is 11.3 Å². The highest BCUT2D eigenvalue weighted by atomic mass is 19.1. The number of nitrogens with one attached hydrogen (secondary N) is 1. The largest absolute Gasteiger partial charge is 0.384 e. The number of benzene rings is 2. The maximum Gasteiger partial charge on any atom is 0.124 e. The predicted octanol–water partition coefficient (Wildman–Crippen LogP) is 4.31. The number of likely N-dealkylation sites (N-methyl/N-ethyl adjacent to an activating group) is 1. The van der Waals surface area contributed by atoms with E-state index in [1.807, 2.05) is 6.07 Å². The molecule has 1 atom stereocenters. The molecule has 1 saturated heterocycles. The van der Waals surface area contributed by atoms with E-state index in [0.29, 0.717) is 12.6 Å². The molecule has 1 fully saturated rings. The van der Waals surface area contributed by atoms with Crippen molar-refractivity contribution in [1.29, 1.82) is 0 Å². The van der Waals surface area contributed by atoms with Crippen molar-refractivity contribution in [3.63, 3.8) is 0 Å². The molecule has 0 bridgehead atoms. The fourth-order valence-corrected chi connectivity index (χ4v) is 4.34. The van der Waals surface area contributed by atoms with Gasteiger partial charge >= 0.3 is 0 Å². The normalized spacial score (nSPS) is 17.8. The van der Waals surface area contributed by atoms with Crippen LogP contribution in [0.5, 0.6) is 0 Å². The summed E-state index contributed by atoms with van der Waals surface area (Å²) in [7, 11) is 3.85. The molecule has 0 saturated carbocycles. The van der Waals surface area contributed by atoms with Crippen LogP contribution in [0, 0.1) is 5.82 Å². The number of ether oxygens (including phenoxy) is 1. The molecule has 0 amide bonds. The molecule has 1 aliphatic rings. The fourth-order valence-electron chi connectivity index (χ4n) is 4.34. The van der Waals surface area contributed by atoms with Gasteiger partial charge in [-0.3, -0.25) is 9.88 Å². The van der Waals surface area contributed by atoms with Gasteiger partial charge in [-0.1, -0.05) is 30.3 Å². The monoisotopic (exact) mass is 422 g/mol. The van der Waals surface area contributed by atoms with Crippen molar-refractivity contribution in [2.75, 3.05) is 52.2 Å². The summed E-state index contributed by atoms with van der Waals surface area (Å²) in [6, 6.07) is 17.9. The molecular formula is C25H31FN4O. The Bertz CT molecular complexity index is 997. The SMILES string of the molecule is COCc1cc(NCCCN2CCN(C)CC2c2ccccc2)c2cc(F)ccc2n1. The molecule has 1 aromatic heterocycles. The third-order valence-electron chi connectivity index (χ3n) is 5.93. The smallest absolute Gasteiger partial charge is 0.124 e. The van der Waals surface area contributed by atoms with Crippen molar-refractivity contribution in [3.8, 4) is 0 Å². The number of fused-ring (bicyclic) bond motifs is 1. The second-order valence-corrected chi connectivity index (χ2v) is 8.26. The Labute approximate surface area is 183 Å². The molecule has 2 aromatic carbocycles. The van der Waals surface area contributed by atoms with Gasteiger partial charge in [-0.2, -0.15) is 0 Å². The van der Waals surface area contributed by atoms with Gasteiger partial charge in [0.25, 0.3) is 0 Å². The van der Waals surface area contributed by atoms with E-state index in [0.717, 1.165) is 61.4 Å². The minimum atomic E-state index is -0.250. The third kappa shape index (κ3) is 5.39. The van der Waals surface area contributed by atoms with Gasteiger partial charge in [0.2, 0.25) is 0 Å². The standard InChI is InChI=1S/C25H31FN4O/c1-29-13-14-30(25(17-29)19-7-4-3-5-8-19)12-6-11-27-24-16-21(18-31-2)28-23-10-9-20(26)15-22(23)24/h3-5,7-10,15-16,25H,6,11-14,17-18H2,1-2H3,(H,27,28). The molecule has 0 radical (unpaired) electrons. The number of aromatic nitrogens is 1. The number of pyridine rings is 1. The number of anilines is 1. The van der Waals surface area contributed by atoms with E-state index in [1.54, 1.807) is 19.2 Å². The lowest BCUT2D eigenvalue weighted by atomic mass is 10.0. The van der Waals surface area contributed by atoms with Gasteiger partial charge in [0.15, 0.2) is 0 Å². The second-order valence-electron chi connectivity index (χ2n) is 8.26. The average molecular weight is 423 g/mol. The lowest BCUT2D eigenvalue weighted by molar-refractivity contribution is 0.0897. The van der Waals surface area contributed by atoms with Crippen molar-refractivity contribution in [2.24, 2.45) is 0 Å². The van der Waals surface area contributed by atoms with Crippen LogP contribution in [0.15, 0.2) is 54.6 Å². The molecule has 5 nitrogen and oxygen atoms in total. The van der Waals surface area contributed by atoms with E-state index in [2.05, 4.69) is 57.5 Å². The Morgan fingerprint density at radius 2 is 1.97 bits per heavy atom. The highest BCUT2D eigenvalue weighted by Crippen LogP contribution is 2.26. The zero-order valence-electron chi connectivity index (χ0n) is 18.4. The molecule has 0 aliphatic carbocycles. The Balaban J connectivity index is 1.42. The Hall–Kier alpha value is -2.54. The quantitative estimate of drug-likeness (QED) is 0.548. The van der Waals surface area contributed by atoms with Crippen LogP contribution in [-0.4, -0.2) is 61.7 Å². The number of piperazine rings is 1. The summed E-state index contributed by atoms with van der Waals surface area (Å²) >= 11 is 0. The Morgan fingerprint density at radius 1 is 1.13 bits per heavy atom. The minimum absolute atomic E-state index is 0.250. The van der Waals surface area contributed by atoms with Crippen molar-refractivity contribution in [2.45, 2.75) is 19.1 Å². The van der Waals surface area contributed by atoms with Crippen LogP contribution >= 0.6 is 0 Å². The molecular weight excluding hydrogens is 391 g/mol. The Kier molecular flexibility index (Phi) is 7.12. The van der Waals surface area contributed by atoms with E-state index in [-0.39, 0.29) is 5.82 Å². The highest BCUT2D eigenvalue weighted by Gasteiger charge is 2.25. The molecule has 164 valence electrons. The topological polar surface area (TPSA) is 40.6 Å². The summed E-state index contributed by atoms with van der Waals surface area (Å²) in [6.45, 7) is 5.47. The molecule has 31 heavy (non-hydrogen) atoms. The summed E-state index contributed by atoms with van der Waals surface area (Å²) in [5, 5.41) is 4.32. The molecule has 1 aliphatic heterocycles. The average Bonchev–Trinajstić information content (AvgIpc) is 2.78. The summed E-state index contributed by atoms with van der Waals surface area (Å²) < 4.78 is 19.1. The van der Waals surface area contributed by atoms with Crippen molar-refractivity contribution >= 4 is 16.6 Å². The first kappa shape index (κ1) is 21.7. The third-order valence-corrected chi connectivity index (χ3v) is 5.93. The molecule has 1 unspecified atom stereocenters. The molecule has 3 aromatic rings. The molecule has 4 rings (SSSR count). The van der Waals surface area contributed by atoms with E-state index < -0.39 is 0 Å². The van der Waals surface area contributed by atoms with Crippen molar-refractivity contribution in [1.82, 2.24) is 14.8 Å². The van der Waals surface area contributed by atoms with Gasteiger partial charge in [-0.25, -0.2) is 4.39 Å². The van der Waals surface area contributed by atoms with Gasteiger partial charge in [0.05, 0.1) is 17.8 Å². The number of rotatable bonds is 8. The summed E-state index contributed by atoms with van der Waals surface area (Å²) in [4.78, 5) is 9.56. The Morgan fingerprint density at radius 3 is 2.77 bits per heavy atom. The highest BCUT2D eigenvalue weighted by molar-refractivity contribution is 5.91. The fraction of sp³-hybridized carbons (Fsp3) is 0.400. The van der Waals surface area contributed by atoms with Gasteiger partial charge in [0, 0.05) is 56.9 Å². The van der Waals surface area contributed by atoms with Crippen LogP contribution in [0.25, 0.3) is 10.9 Å². The maximum atomic E-state index is 13.8. The van der Waals surface area contributed by atoms with Crippen molar-refractivity contribution in [3.05, 3.63) is 71.7 Å². The van der Waals surface area contributed by atoms with E-state index in [9.17, 15) is 4.39 Å². The van der Waals surface area contributed by atoms with Crippen LogP contribution in [0.3, 0.4) is 0 Å². The zero-order valence-corrected chi connectivity index (χ0v) is 18.4. The summed E-state index contributed by atoms with van der Waals surface area (Å²) in [6.07, 6.45) is 1.01. The molecule has 0 spiro atoms.